The Bertz CT molecular complexity index is 738. The highest BCUT2D eigenvalue weighted by Crippen LogP contribution is 2.21. The molecule has 1 aliphatic heterocycles. The van der Waals surface area contributed by atoms with Crippen molar-refractivity contribution >= 4 is 23.0 Å². The molecule has 1 atom stereocenters. The van der Waals surface area contributed by atoms with Gasteiger partial charge in [-0.15, -0.1) is 11.3 Å². The van der Waals surface area contributed by atoms with E-state index in [9.17, 15) is 14.7 Å². The Hall–Kier alpha value is -2.18. The number of Topliss-reactive ketones (excluding diaryl/α,β-unsaturated/α-hetero) is 1. The van der Waals surface area contributed by atoms with Crippen LogP contribution < -0.4 is 0 Å². The summed E-state index contributed by atoms with van der Waals surface area (Å²) in [7, 11) is 0. The SMILES string of the molecule is O=C(CCC(=O)N(Cc1ccccc1O)CC1CCCO1)c1cccs1. The van der Waals surface area contributed by atoms with Gasteiger partial charge in [0, 0.05) is 38.1 Å². The van der Waals surface area contributed by atoms with Crippen LogP contribution in [0, 0.1) is 0 Å². The Kier molecular flexibility index (Phi) is 6.41. The minimum Gasteiger partial charge on any atom is -0.508 e. The molecule has 2 aromatic rings. The van der Waals surface area contributed by atoms with E-state index in [4.69, 9.17) is 4.74 Å². The molecule has 0 spiro atoms. The van der Waals surface area contributed by atoms with Gasteiger partial charge in [0.2, 0.25) is 5.91 Å². The van der Waals surface area contributed by atoms with Crippen molar-refractivity contribution in [1.82, 2.24) is 4.90 Å². The van der Waals surface area contributed by atoms with Gasteiger partial charge in [-0.05, 0) is 30.4 Å². The lowest BCUT2D eigenvalue weighted by atomic mass is 10.1. The molecule has 1 N–H and O–H groups in total. The van der Waals surface area contributed by atoms with E-state index >= 15 is 0 Å². The first-order valence-corrected chi connectivity index (χ1v) is 9.74. The normalized spacial score (nSPS) is 16.5. The highest BCUT2D eigenvalue weighted by Gasteiger charge is 2.24. The summed E-state index contributed by atoms with van der Waals surface area (Å²) in [4.78, 5) is 27.3. The number of phenols is 1. The van der Waals surface area contributed by atoms with E-state index < -0.39 is 0 Å². The van der Waals surface area contributed by atoms with Crippen molar-refractivity contribution < 1.29 is 19.4 Å². The van der Waals surface area contributed by atoms with Gasteiger partial charge in [0.05, 0.1) is 11.0 Å². The monoisotopic (exact) mass is 373 g/mol. The molecule has 0 saturated carbocycles. The number of rotatable bonds is 8. The van der Waals surface area contributed by atoms with Gasteiger partial charge in [0.25, 0.3) is 0 Å². The first kappa shape index (κ1) is 18.6. The number of aromatic hydroxyl groups is 1. The van der Waals surface area contributed by atoms with Gasteiger partial charge < -0.3 is 14.7 Å². The molecule has 6 heteroatoms. The van der Waals surface area contributed by atoms with E-state index in [1.807, 2.05) is 23.6 Å². The number of thiophene rings is 1. The zero-order valence-electron chi connectivity index (χ0n) is 14.6. The summed E-state index contributed by atoms with van der Waals surface area (Å²) in [6.07, 6.45) is 2.32. The molecule has 5 nitrogen and oxygen atoms in total. The number of para-hydroxylation sites is 1. The van der Waals surface area contributed by atoms with Crippen LogP contribution in [0.3, 0.4) is 0 Å². The summed E-state index contributed by atoms with van der Waals surface area (Å²) < 4.78 is 5.66. The molecule has 3 rings (SSSR count). The van der Waals surface area contributed by atoms with Crippen LogP contribution in [0.4, 0.5) is 0 Å². The van der Waals surface area contributed by atoms with Crippen molar-refractivity contribution in [2.75, 3.05) is 13.2 Å². The number of nitrogens with zero attached hydrogens (tertiary/aromatic N) is 1. The number of ether oxygens (including phenoxy) is 1. The molecule has 26 heavy (non-hydrogen) atoms. The second kappa shape index (κ2) is 8.96. The molecule has 1 aromatic heterocycles. The number of carbonyl (C=O) groups is 2. The molecule has 0 radical (unpaired) electrons. The Morgan fingerprint density at radius 2 is 2.04 bits per heavy atom. The fourth-order valence-corrected chi connectivity index (χ4v) is 3.77. The summed E-state index contributed by atoms with van der Waals surface area (Å²) in [5.41, 5.74) is 0.698. The maximum atomic E-state index is 12.8. The number of benzene rings is 1. The predicted molar refractivity (Wildman–Crippen MR) is 100 cm³/mol. The molecule has 1 aliphatic rings. The molecule has 1 saturated heterocycles. The first-order valence-electron chi connectivity index (χ1n) is 8.86. The van der Waals surface area contributed by atoms with Crippen molar-refractivity contribution in [3.8, 4) is 5.75 Å². The largest absolute Gasteiger partial charge is 0.508 e. The standard InChI is InChI=1S/C20H23NO4S/c22-17-7-2-1-5-15(17)13-21(14-16-6-3-11-25-16)20(24)10-9-18(23)19-8-4-12-26-19/h1-2,4-5,7-8,12,16,22H,3,6,9-11,13-14H2. The van der Waals surface area contributed by atoms with E-state index in [2.05, 4.69) is 0 Å². The lowest BCUT2D eigenvalue weighted by molar-refractivity contribution is -0.133. The molecule has 0 aliphatic carbocycles. The molecule has 138 valence electrons. The summed E-state index contributed by atoms with van der Waals surface area (Å²) in [6, 6.07) is 10.6. The number of hydrogen-bond donors (Lipinski definition) is 1. The molecule has 1 aromatic carbocycles. The van der Waals surface area contributed by atoms with Gasteiger partial charge in [-0.3, -0.25) is 9.59 Å². The molecule has 2 heterocycles. The highest BCUT2D eigenvalue weighted by atomic mass is 32.1. The minimum atomic E-state index is -0.0892. The molecule has 1 unspecified atom stereocenters. The summed E-state index contributed by atoms with van der Waals surface area (Å²) in [6.45, 7) is 1.53. The quantitative estimate of drug-likeness (QED) is 0.718. The van der Waals surface area contributed by atoms with Crippen LogP contribution in [0.15, 0.2) is 41.8 Å². The van der Waals surface area contributed by atoms with E-state index in [1.54, 1.807) is 23.1 Å². The Labute approximate surface area is 157 Å². The third kappa shape index (κ3) is 4.93. The Morgan fingerprint density at radius 1 is 1.19 bits per heavy atom. The fourth-order valence-electron chi connectivity index (χ4n) is 3.08. The lowest BCUT2D eigenvalue weighted by Gasteiger charge is -2.26. The van der Waals surface area contributed by atoms with Crippen LogP contribution in [0.2, 0.25) is 0 Å². The van der Waals surface area contributed by atoms with E-state index in [-0.39, 0.29) is 36.4 Å². The van der Waals surface area contributed by atoms with E-state index in [0.717, 1.165) is 19.4 Å². The molecular formula is C20H23NO4S. The maximum absolute atomic E-state index is 12.8. The van der Waals surface area contributed by atoms with Crippen LogP contribution in [-0.2, 0) is 16.1 Å². The minimum absolute atomic E-state index is 0.00650. The van der Waals surface area contributed by atoms with E-state index in [1.165, 1.54) is 11.3 Å². The third-order valence-electron chi connectivity index (χ3n) is 4.52. The average Bonchev–Trinajstić information content (AvgIpc) is 3.34. The van der Waals surface area contributed by atoms with Gasteiger partial charge in [0.1, 0.15) is 5.75 Å². The van der Waals surface area contributed by atoms with Crippen LogP contribution in [-0.4, -0.2) is 41.0 Å². The molecule has 0 bridgehead atoms. The van der Waals surface area contributed by atoms with Crippen LogP contribution in [0.5, 0.6) is 5.75 Å². The first-order chi connectivity index (χ1) is 12.6. The topological polar surface area (TPSA) is 66.8 Å². The highest BCUT2D eigenvalue weighted by molar-refractivity contribution is 7.12. The summed E-state index contributed by atoms with van der Waals surface area (Å²) >= 11 is 1.39. The van der Waals surface area contributed by atoms with Gasteiger partial charge in [-0.2, -0.15) is 0 Å². The van der Waals surface area contributed by atoms with Gasteiger partial charge >= 0.3 is 0 Å². The Balaban J connectivity index is 1.64. The van der Waals surface area contributed by atoms with Crippen molar-refractivity contribution in [3.05, 3.63) is 52.2 Å². The van der Waals surface area contributed by atoms with Crippen LogP contribution in [0.1, 0.15) is 40.9 Å². The third-order valence-corrected chi connectivity index (χ3v) is 5.43. The number of hydrogen-bond acceptors (Lipinski definition) is 5. The number of amides is 1. The van der Waals surface area contributed by atoms with Crippen molar-refractivity contribution in [1.29, 1.82) is 0 Å². The average molecular weight is 373 g/mol. The number of ketones is 1. The van der Waals surface area contributed by atoms with Crippen LogP contribution in [0.25, 0.3) is 0 Å². The lowest BCUT2D eigenvalue weighted by Crippen LogP contribution is -2.37. The van der Waals surface area contributed by atoms with Gasteiger partial charge in [0.15, 0.2) is 5.78 Å². The van der Waals surface area contributed by atoms with Gasteiger partial charge in [-0.1, -0.05) is 24.3 Å². The number of phenolic OH excluding ortho intramolecular Hbond substituents is 1. The van der Waals surface area contributed by atoms with Crippen molar-refractivity contribution in [2.24, 2.45) is 0 Å². The zero-order valence-corrected chi connectivity index (χ0v) is 15.4. The summed E-state index contributed by atoms with van der Waals surface area (Å²) in [5, 5.41) is 11.9. The summed E-state index contributed by atoms with van der Waals surface area (Å²) in [5.74, 6) is 0.0777. The zero-order chi connectivity index (χ0) is 18.4. The molecular weight excluding hydrogens is 350 g/mol. The second-order valence-electron chi connectivity index (χ2n) is 6.44. The van der Waals surface area contributed by atoms with E-state index in [0.29, 0.717) is 23.5 Å². The predicted octanol–water partition coefficient (Wildman–Crippen LogP) is 3.62. The van der Waals surface area contributed by atoms with Crippen molar-refractivity contribution in [3.63, 3.8) is 0 Å². The Morgan fingerprint density at radius 3 is 2.73 bits per heavy atom. The second-order valence-corrected chi connectivity index (χ2v) is 7.39. The fraction of sp³-hybridized carbons (Fsp3) is 0.400. The van der Waals surface area contributed by atoms with Crippen molar-refractivity contribution in [2.45, 2.75) is 38.3 Å². The molecule has 1 amide bonds. The maximum Gasteiger partial charge on any atom is 0.223 e. The molecule has 1 fully saturated rings. The number of carbonyl (C=O) groups excluding carboxylic acids is 2. The van der Waals surface area contributed by atoms with Crippen LogP contribution >= 0.6 is 11.3 Å². The van der Waals surface area contributed by atoms with Gasteiger partial charge in [-0.25, -0.2) is 0 Å². The smallest absolute Gasteiger partial charge is 0.223 e.